The third-order valence-electron chi connectivity index (χ3n) is 4.36. The van der Waals surface area contributed by atoms with Gasteiger partial charge in [-0.3, -0.25) is 4.79 Å². The van der Waals surface area contributed by atoms with Crippen LogP contribution in [-0.4, -0.2) is 36.1 Å². The number of aromatic nitrogens is 1. The minimum atomic E-state index is -0.784. The average molecular weight is 380 g/mol. The third-order valence-corrected chi connectivity index (χ3v) is 4.36. The van der Waals surface area contributed by atoms with E-state index in [-0.39, 0.29) is 19.1 Å². The monoisotopic (exact) mass is 380 g/mol. The lowest BCUT2D eigenvalue weighted by atomic mass is 10.0. The fraction of sp³-hybridized carbons (Fsp3) is 0.273. The summed E-state index contributed by atoms with van der Waals surface area (Å²) in [6, 6.07) is 14.5. The Kier molecular flexibility index (Phi) is 6.32. The van der Waals surface area contributed by atoms with Crippen LogP contribution in [-0.2, 0) is 20.7 Å². The number of carbonyl (C=O) groups excluding carboxylic acids is 2. The van der Waals surface area contributed by atoms with Crippen LogP contribution < -0.4 is 10.1 Å². The summed E-state index contributed by atoms with van der Waals surface area (Å²) in [4.78, 5) is 27.9. The minimum Gasteiger partial charge on any atom is -0.484 e. The van der Waals surface area contributed by atoms with Crippen LogP contribution in [0.15, 0.2) is 54.7 Å². The first-order valence-corrected chi connectivity index (χ1v) is 9.27. The predicted octanol–water partition coefficient (Wildman–Crippen LogP) is 3.15. The van der Waals surface area contributed by atoms with Crippen molar-refractivity contribution in [1.29, 1.82) is 0 Å². The van der Waals surface area contributed by atoms with E-state index >= 15 is 0 Å². The van der Waals surface area contributed by atoms with E-state index in [1.165, 1.54) is 0 Å². The molecular formula is C22H24N2O4. The van der Waals surface area contributed by atoms with Gasteiger partial charge in [0.25, 0.3) is 5.91 Å². The standard InChI is InChI=1S/C22H24N2O4/c1-3-27-22(26)20(12-16-13-23-19-10-5-4-9-18(16)19)24-21(25)14-28-17-8-6-7-15(2)11-17/h4-11,13,20,23H,3,12,14H2,1-2H3,(H,24,25)/t20-/m1/s1. The highest BCUT2D eigenvalue weighted by molar-refractivity contribution is 5.87. The van der Waals surface area contributed by atoms with E-state index in [0.29, 0.717) is 12.2 Å². The molecule has 0 aliphatic carbocycles. The van der Waals surface area contributed by atoms with Gasteiger partial charge >= 0.3 is 5.97 Å². The lowest BCUT2D eigenvalue weighted by molar-refractivity contribution is -0.147. The van der Waals surface area contributed by atoms with Crippen molar-refractivity contribution >= 4 is 22.8 Å². The number of esters is 1. The van der Waals surface area contributed by atoms with Crippen molar-refractivity contribution in [3.05, 3.63) is 65.9 Å². The molecule has 3 aromatic rings. The van der Waals surface area contributed by atoms with Crippen LogP contribution in [0.25, 0.3) is 10.9 Å². The Morgan fingerprint density at radius 3 is 2.75 bits per heavy atom. The van der Waals surface area contributed by atoms with Gasteiger partial charge in [0.05, 0.1) is 6.61 Å². The Morgan fingerprint density at radius 2 is 1.96 bits per heavy atom. The zero-order valence-electron chi connectivity index (χ0n) is 16.0. The van der Waals surface area contributed by atoms with Gasteiger partial charge in [0, 0.05) is 23.5 Å². The lowest BCUT2D eigenvalue weighted by Crippen LogP contribution is -2.45. The second kappa shape index (κ2) is 9.08. The second-order valence-electron chi connectivity index (χ2n) is 6.54. The minimum absolute atomic E-state index is 0.173. The third kappa shape index (κ3) is 4.91. The Balaban J connectivity index is 1.67. The highest BCUT2D eigenvalue weighted by atomic mass is 16.5. The first kappa shape index (κ1) is 19.5. The van der Waals surface area contributed by atoms with Gasteiger partial charge in [-0.1, -0.05) is 30.3 Å². The molecule has 0 aliphatic heterocycles. The average Bonchev–Trinajstić information content (AvgIpc) is 3.09. The van der Waals surface area contributed by atoms with E-state index in [2.05, 4.69) is 10.3 Å². The van der Waals surface area contributed by atoms with Crippen LogP contribution in [0.5, 0.6) is 5.75 Å². The maximum atomic E-state index is 12.4. The quantitative estimate of drug-likeness (QED) is 0.589. The number of rotatable bonds is 8. The molecule has 0 unspecified atom stereocenters. The van der Waals surface area contributed by atoms with Crippen molar-refractivity contribution in [3.63, 3.8) is 0 Å². The summed E-state index contributed by atoms with van der Waals surface area (Å²) in [5, 5.41) is 3.75. The Morgan fingerprint density at radius 1 is 1.14 bits per heavy atom. The van der Waals surface area contributed by atoms with Crippen molar-refractivity contribution in [2.45, 2.75) is 26.3 Å². The van der Waals surface area contributed by atoms with E-state index in [1.807, 2.05) is 55.6 Å². The number of aryl methyl sites for hydroxylation is 1. The summed E-state index contributed by atoms with van der Waals surface area (Å²) in [5.41, 5.74) is 2.96. The smallest absolute Gasteiger partial charge is 0.328 e. The van der Waals surface area contributed by atoms with Gasteiger partial charge in [0.1, 0.15) is 11.8 Å². The maximum Gasteiger partial charge on any atom is 0.328 e. The van der Waals surface area contributed by atoms with Crippen LogP contribution in [0.1, 0.15) is 18.1 Å². The first-order valence-electron chi connectivity index (χ1n) is 9.27. The molecule has 2 aromatic carbocycles. The molecule has 6 nitrogen and oxygen atoms in total. The summed E-state index contributed by atoms with van der Waals surface area (Å²) in [6.45, 7) is 3.76. The molecule has 0 radical (unpaired) electrons. The summed E-state index contributed by atoms with van der Waals surface area (Å²) >= 11 is 0. The Hall–Kier alpha value is -3.28. The van der Waals surface area contributed by atoms with E-state index < -0.39 is 12.0 Å². The van der Waals surface area contributed by atoms with Gasteiger partial charge in [0.2, 0.25) is 0 Å². The molecule has 28 heavy (non-hydrogen) atoms. The van der Waals surface area contributed by atoms with Gasteiger partial charge in [-0.2, -0.15) is 0 Å². The molecule has 1 aromatic heterocycles. The van der Waals surface area contributed by atoms with Crippen LogP contribution >= 0.6 is 0 Å². The summed E-state index contributed by atoms with van der Waals surface area (Å²) in [7, 11) is 0. The number of nitrogens with one attached hydrogen (secondary N) is 2. The zero-order valence-corrected chi connectivity index (χ0v) is 16.0. The highest BCUT2D eigenvalue weighted by Crippen LogP contribution is 2.19. The van der Waals surface area contributed by atoms with Gasteiger partial charge in [-0.25, -0.2) is 4.79 Å². The topological polar surface area (TPSA) is 80.4 Å². The van der Waals surface area contributed by atoms with Crippen LogP contribution in [0.3, 0.4) is 0 Å². The molecule has 2 N–H and O–H groups in total. The molecule has 1 amide bonds. The summed E-state index contributed by atoms with van der Waals surface area (Å²) in [6.07, 6.45) is 2.19. The van der Waals surface area contributed by atoms with Gasteiger partial charge in [-0.15, -0.1) is 0 Å². The van der Waals surface area contributed by atoms with Crippen molar-refractivity contribution in [2.24, 2.45) is 0 Å². The van der Waals surface area contributed by atoms with Crippen molar-refractivity contribution in [2.75, 3.05) is 13.2 Å². The number of benzene rings is 2. The Labute approximate surface area is 163 Å². The van der Waals surface area contributed by atoms with E-state index in [4.69, 9.17) is 9.47 Å². The van der Waals surface area contributed by atoms with Gasteiger partial charge in [-0.05, 0) is 43.2 Å². The maximum absolute atomic E-state index is 12.4. The molecule has 0 saturated carbocycles. The molecule has 0 bridgehead atoms. The van der Waals surface area contributed by atoms with Gasteiger partial charge < -0.3 is 19.8 Å². The van der Waals surface area contributed by atoms with Crippen molar-refractivity contribution in [3.8, 4) is 5.75 Å². The predicted molar refractivity (Wildman–Crippen MR) is 107 cm³/mol. The fourth-order valence-electron chi connectivity index (χ4n) is 3.05. The highest BCUT2D eigenvalue weighted by Gasteiger charge is 2.24. The molecule has 146 valence electrons. The number of carbonyl (C=O) groups is 2. The molecular weight excluding hydrogens is 356 g/mol. The summed E-state index contributed by atoms with van der Waals surface area (Å²) < 4.78 is 10.7. The number of fused-ring (bicyclic) bond motifs is 1. The van der Waals surface area contributed by atoms with E-state index in [9.17, 15) is 9.59 Å². The second-order valence-corrected chi connectivity index (χ2v) is 6.54. The largest absolute Gasteiger partial charge is 0.484 e. The van der Waals surface area contributed by atoms with Crippen molar-refractivity contribution < 1.29 is 19.1 Å². The molecule has 3 rings (SSSR count). The van der Waals surface area contributed by atoms with E-state index in [0.717, 1.165) is 22.0 Å². The van der Waals surface area contributed by atoms with Crippen LogP contribution in [0, 0.1) is 6.92 Å². The molecule has 0 saturated heterocycles. The first-order chi connectivity index (χ1) is 13.6. The molecule has 0 fully saturated rings. The van der Waals surface area contributed by atoms with Crippen LogP contribution in [0.4, 0.5) is 0 Å². The number of ether oxygens (including phenoxy) is 2. The normalized spacial score (nSPS) is 11.8. The Bertz CT molecular complexity index is 964. The van der Waals surface area contributed by atoms with Crippen molar-refractivity contribution in [1.82, 2.24) is 10.3 Å². The number of hydrogen-bond acceptors (Lipinski definition) is 4. The van der Waals surface area contributed by atoms with Crippen LogP contribution in [0.2, 0.25) is 0 Å². The molecule has 0 spiro atoms. The molecule has 1 atom stereocenters. The summed E-state index contributed by atoms with van der Waals surface area (Å²) in [5.74, 6) is -0.226. The fourth-order valence-corrected chi connectivity index (χ4v) is 3.05. The molecule has 1 heterocycles. The number of aromatic amines is 1. The number of hydrogen-bond donors (Lipinski definition) is 2. The zero-order chi connectivity index (χ0) is 19.9. The number of H-pyrrole nitrogens is 1. The molecule has 0 aliphatic rings. The molecule has 6 heteroatoms. The van der Waals surface area contributed by atoms with Gasteiger partial charge in [0.15, 0.2) is 6.61 Å². The number of amides is 1. The number of para-hydroxylation sites is 1. The van der Waals surface area contributed by atoms with E-state index in [1.54, 1.807) is 13.0 Å². The lowest BCUT2D eigenvalue weighted by Gasteiger charge is -2.17. The SMILES string of the molecule is CCOC(=O)[C@@H](Cc1c[nH]c2ccccc12)NC(=O)COc1cccc(C)c1.